The van der Waals surface area contributed by atoms with Crippen LogP contribution in [0.25, 0.3) is 0 Å². The molecule has 1 saturated heterocycles. The van der Waals surface area contributed by atoms with Crippen molar-refractivity contribution in [2.75, 3.05) is 0 Å². The summed E-state index contributed by atoms with van der Waals surface area (Å²) in [6.07, 6.45) is 40.8. The Morgan fingerprint density at radius 3 is 2.65 bits per heavy atom. The molecule has 0 bridgehead atoms. The van der Waals surface area contributed by atoms with Gasteiger partial charge in [0.05, 0.1) is 12.3 Å². The number of rotatable bonds is 5. The van der Waals surface area contributed by atoms with Gasteiger partial charge in [0.15, 0.2) is 0 Å². The van der Waals surface area contributed by atoms with Gasteiger partial charge in [0.2, 0.25) is 0 Å². The van der Waals surface area contributed by atoms with Crippen molar-refractivity contribution in [2.45, 2.75) is 142 Å². The third kappa shape index (κ3) is 5.49. The molecule has 11 atom stereocenters. The van der Waals surface area contributed by atoms with E-state index >= 15 is 0 Å². The fourth-order valence-corrected chi connectivity index (χ4v) is 11.8. The van der Waals surface area contributed by atoms with E-state index in [1.54, 1.807) is 16.8 Å². The normalized spacial score (nSPS) is 44.1. The second kappa shape index (κ2) is 12.7. The van der Waals surface area contributed by atoms with E-state index in [1.807, 2.05) is 5.57 Å². The lowest BCUT2D eigenvalue weighted by Crippen LogP contribution is -2.76. The fraction of sp³-hybridized carbons (Fsp3) is 0.698. The van der Waals surface area contributed by atoms with Gasteiger partial charge < -0.3 is 4.90 Å². The van der Waals surface area contributed by atoms with Crippen molar-refractivity contribution in [3.63, 3.8) is 0 Å². The number of aliphatic imine (C=N–C) groups is 1. The molecule has 2 aliphatic heterocycles. The maximum atomic E-state index is 5.03. The minimum absolute atomic E-state index is 0.250. The molecule has 0 spiro atoms. The van der Waals surface area contributed by atoms with Gasteiger partial charge in [0.1, 0.15) is 0 Å². The van der Waals surface area contributed by atoms with Gasteiger partial charge in [-0.05, 0) is 144 Å². The first-order chi connectivity index (χ1) is 22.4. The van der Waals surface area contributed by atoms with Crippen LogP contribution in [-0.2, 0) is 0 Å². The molecule has 46 heavy (non-hydrogen) atoms. The Morgan fingerprint density at radius 2 is 1.83 bits per heavy atom. The molecule has 1 saturated carbocycles. The van der Waals surface area contributed by atoms with Crippen molar-refractivity contribution < 1.29 is 0 Å². The summed E-state index contributed by atoms with van der Waals surface area (Å²) in [5.74, 6) is 5.04. The lowest BCUT2D eigenvalue weighted by atomic mass is 9.55. The topological polar surface area (TPSA) is 27.6 Å². The standard InChI is InChI=1S/C43H61N3/c1-28-14-12-13-23-43(28,4)42-45-41(31-15-6-5-7-16-31)46(42)35-21-22-36(34-24-29(2)44-30(3)25-34)39(27-35)40-37-19-10-8-17-32(37)26-33-18-9-11-20-38(33)40/h6,8,12-13,15,17,21-22,28-29,31,33-34,38-42,45H,5,7,9-11,14,16,18-20,23-27H2,1-4H3. The van der Waals surface area contributed by atoms with E-state index in [9.17, 15) is 0 Å². The summed E-state index contributed by atoms with van der Waals surface area (Å²) >= 11 is 0. The van der Waals surface area contributed by atoms with Crippen LogP contribution < -0.4 is 5.32 Å². The van der Waals surface area contributed by atoms with E-state index in [2.05, 4.69) is 86.5 Å². The van der Waals surface area contributed by atoms with Gasteiger partial charge in [0.25, 0.3) is 0 Å². The molecule has 8 rings (SSSR count). The molecule has 3 heteroatoms. The number of hydrogen-bond donors (Lipinski definition) is 1. The summed E-state index contributed by atoms with van der Waals surface area (Å²) < 4.78 is 0. The zero-order valence-electron chi connectivity index (χ0n) is 29.4. The van der Waals surface area contributed by atoms with Crippen molar-refractivity contribution in [3.05, 3.63) is 71.0 Å². The first-order valence-electron chi connectivity index (χ1n) is 19.6. The molecule has 0 aromatic heterocycles. The summed E-state index contributed by atoms with van der Waals surface area (Å²) in [5, 5.41) is 4.25. The van der Waals surface area contributed by atoms with Crippen LogP contribution in [0.4, 0.5) is 0 Å². The maximum absolute atomic E-state index is 5.03. The Hall–Kier alpha value is -2.13. The van der Waals surface area contributed by atoms with Gasteiger partial charge in [-0.25, -0.2) is 0 Å². The third-order valence-corrected chi connectivity index (χ3v) is 14.4. The SMILES string of the molecule is CC1=NC(C)CC(C2=CC=C(N3C(C4C=CCCC4)NC3C3(C)CC=CCC3C)CC2C2C3=C(C=CCC3)CC3CCCCC32)C1. The highest BCUT2D eigenvalue weighted by molar-refractivity contribution is 5.83. The average Bonchev–Trinajstić information content (AvgIpc) is 3.04. The van der Waals surface area contributed by atoms with Crippen LogP contribution in [0, 0.1) is 46.8 Å². The Bertz CT molecular complexity index is 1390. The fourth-order valence-electron chi connectivity index (χ4n) is 11.8. The van der Waals surface area contributed by atoms with E-state index in [0.717, 1.165) is 24.2 Å². The van der Waals surface area contributed by atoms with Crippen LogP contribution in [0.3, 0.4) is 0 Å². The number of nitrogens with zero attached hydrogens (tertiary/aromatic N) is 2. The lowest BCUT2D eigenvalue weighted by molar-refractivity contribution is -0.111. The van der Waals surface area contributed by atoms with Crippen LogP contribution in [0.5, 0.6) is 0 Å². The summed E-state index contributed by atoms with van der Waals surface area (Å²) in [6, 6.07) is 0.444. The van der Waals surface area contributed by atoms with Gasteiger partial charge in [-0.1, -0.05) is 80.4 Å². The summed E-state index contributed by atoms with van der Waals surface area (Å²) in [4.78, 5) is 7.99. The average molecular weight is 620 g/mol. The summed E-state index contributed by atoms with van der Waals surface area (Å²) in [6.45, 7) is 9.76. The molecule has 248 valence electrons. The predicted octanol–water partition coefficient (Wildman–Crippen LogP) is 10.5. The van der Waals surface area contributed by atoms with Gasteiger partial charge in [-0.2, -0.15) is 0 Å². The molecule has 2 heterocycles. The number of nitrogens with one attached hydrogen (secondary N) is 1. The lowest BCUT2D eigenvalue weighted by Gasteiger charge is -2.63. The van der Waals surface area contributed by atoms with E-state index in [-0.39, 0.29) is 5.41 Å². The zero-order valence-corrected chi connectivity index (χ0v) is 29.4. The molecular formula is C43H61N3. The molecule has 8 aliphatic rings. The van der Waals surface area contributed by atoms with Crippen LogP contribution in [0.1, 0.15) is 124 Å². The Labute approximate surface area is 280 Å². The first-order valence-corrected chi connectivity index (χ1v) is 19.6. The summed E-state index contributed by atoms with van der Waals surface area (Å²) in [7, 11) is 0. The summed E-state index contributed by atoms with van der Waals surface area (Å²) in [5.41, 5.74) is 8.68. The van der Waals surface area contributed by atoms with E-state index in [0.29, 0.717) is 42.0 Å². The van der Waals surface area contributed by atoms with Crippen LogP contribution in [-0.4, -0.2) is 29.0 Å². The van der Waals surface area contributed by atoms with E-state index in [1.165, 1.54) is 95.6 Å². The predicted molar refractivity (Wildman–Crippen MR) is 193 cm³/mol. The minimum atomic E-state index is 0.250. The smallest absolute Gasteiger partial charge is 0.0887 e. The van der Waals surface area contributed by atoms with E-state index < -0.39 is 0 Å². The highest BCUT2D eigenvalue weighted by Crippen LogP contribution is 2.57. The molecule has 1 N–H and O–H groups in total. The van der Waals surface area contributed by atoms with Gasteiger partial charge in [0, 0.05) is 28.8 Å². The van der Waals surface area contributed by atoms with Crippen molar-refractivity contribution in [1.29, 1.82) is 0 Å². The molecule has 0 radical (unpaired) electrons. The quantitative estimate of drug-likeness (QED) is 0.310. The van der Waals surface area contributed by atoms with Gasteiger partial charge >= 0.3 is 0 Å². The molecule has 11 unspecified atom stereocenters. The Balaban J connectivity index is 1.21. The monoisotopic (exact) mass is 619 g/mol. The molecule has 2 fully saturated rings. The van der Waals surface area contributed by atoms with Crippen molar-refractivity contribution in [3.8, 4) is 0 Å². The van der Waals surface area contributed by atoms with Crippen LogP contribution in [0.2, 0.25) is 0 Å². The molecule has 0 aromatic carbocycles. The number of hydrogen-bond acceptors (Lipinski definition) is 3. The van der Waals surface area contributed by atoms with Gasteiger partial charge in [-0.15, -0.1) is 0 Å². The van der Waals surface area contributed by atoms with Gasteiger partial charge in [-0.3, -0.25) is 10.3 Å². The number of fused-ring (bicyclic) bond motifs is 1. The Morgan fingerprint density at radius 1 is 0.935 bits per heavy atom. The molecule has 3 nitrogen and oxygen atoms in total. The molecule has 0 aromatic rings. The first kappa shape index (κ1) is 31.2. The molecule has 6 aliphatic carbocycles. The highest BCUT2D eigenvalue weighted by atomic mass is 15.5. The largest absolute Gasteiger partial charge is 0.343 e. The maximum Gasteiger partial charge on any atom is 0.0887 e. The van der Waals surface area contributed by atoms with Crippen LogP contribution in [0.15, 0.2) is 76.0 Å². The van der Waals surface area contributed by atoms with Crippen molar-refractivity contribution in [2.24, 2.45) is 51.8 Å². The van der Waals surface area contributed by atoms with Crippen LogP contribution >= 0.6 is 0 Å². The van der Waals surface area contributed by atoms with Crippen molar-refractivity contribution >= 4 is 5.71 Å². The highest BCUT2D eigenvalue weighted by Gasteiger charge is 2.54. The second-order valence-electron chi connectivity index (χ2n) is 17.2. The van der Waals surface area contributed by atoms with E-state index in [4.69, 9.17) is 4.99 Å². The second-order valence-corrected chi connectivity index (χ2v) is 17.2. The molecule has 0 amide bonds. The van der Waals surface area contributed by atoms with Crippen molar-refractivity contribution in [1.82, 2.24) is 10.2 Å². The third-order valence-electron chi connectivity index (χ3n) is 14.4. The minimum Gasteiger partial charge on any atom is -0.343 e. The zero-order chi connectivity index (χ0) is 31.4. The number of allylic oxidation sites excluding steroid dienone is 11. The Kier molecular flexibility index (Phi) is 8.61. The molecular weight excluding hydrogens is 558 g/mol.